The number of esters is 1. The Morgan fingerprint density at radius 1 is 1.07 bits per heavy atom. The number of methoxy groups -OCH3 is 2. The fourth-order valence-electron chi connectivity index (χ4n) is 3.68. The largest absolute Gasteiger partial charge is 0.493 e. The molecule has 0 heterocycles. The lowest BCUT2D eigenvalue weighted by molar-refractivity contribution is -0.153. The lowest BCUT2D eigenvalue weighted by Gasteiger charge is -2.27. The normalized spacial score (nSPS) is 19.0. The molecule has 6 nitrogen and oxygen atoms in total. The molecule has 0 aromatic heterocycles. The number of amides is 1. The molecule has 1 amide bonds. The zero-order valence-electron chi connectivity index (χ0n) is 17.3. The second-order valence-corrected chi connectivity index (χ2v) is 7.43. The zero-order chi connectivity index (χ0) is 20.4. The summed E-state index contributed by atoms with van der Waals surface area (Å²) in [5.74, 6) is 1.38. The van der Waals surface area contributed by atoms with Crippen molar-refractivity contribution in [3.05, 3.63) is 23.8 Å². The van der Waals surface area contributed by atoms with Crippen LogP contribution in [-0.2, 0) is 20.9 Å². The van der Waals surface area contributed by atoms with Crippen LogP contribution in [0.25, 0.3) is 0 Å². The van der Waals surface area contributed by atoms with Gasteiger partial charge in [-0.3, -0.25) is 9.59 Å². The number of rotatable bonds is 10. The molecule has 0 aliphatic heterocycles. The van der Waals surface area contributed by atoms with E-state index in [2.05, 4.69) is 12.2 Å². The standard InChI is InChI=1S/C22H33NO5/c1-4-5-6-16-7-10-18(11-8-16)22(25)28-15-21(24)23-14-17-9-12-19(26-2)20(13-17)27-3/h9,12-13,16,18H,4-8,10-11,14-15H2,1-3H3,(H,23,24). The summed E-state index contributed by atoms with van der Waals surface area (Å²) in [6.45, 7) is 2.31. The van der Waals surface area contributed by atoms with Crippen molar-refractivity contribution >= 4 is 11.9 Å². The van der Waals surface area contributed by atoms with E-state index in [1.54, 1.807) is 20.3 Å². The third kappa shape index (κ3) is 6.73. The average Bonchev–Trinajstić information content (AvgIpc) is 2.74. The maximum Gasteiger partial charge on any atom is 0.309 e. The third-order valence-corrected chi connectivity index (χ3v) is 5.43. The van der Waals surface area contributed by atoms with Gasteiger partial charge in [0.2, 0.25) is 0 Å². The molecule has 1 N–H and O–H groups in total. The highest BCUT2D eigenvalue weighted by Crippen LogP contribution is 2.32. The van der Waals surface area contributed by atoms with Crippen molar-refractivity contribution < 1.29 is 23.8 Å². The molecule has 0 radical (unpaired) electrons. The van der Waals surface area contributed by atoms with Gasteiger partial charge in [0, 0.05) is 6.54 Å². The summed E-state index contributed by atoms with van der Waals surface area (Å²) in [4.78, 5) is 24.2. The first-order chi connectivity index (χ1) is 13.6. The van der Waals surface area contributed by atoms with Gasteiger partial charge in [0.25, 0.3) is 5.91 Å². The number of carbonyl (C=O) groups is 2. The smallest absolute Gasteiger partial charge is 0.309 e. The summed E-state index contributed by atoms with van der Waals surface area (Å²) >= 11 is 0. The Labute approximate surface area is 167 Å². The predicted molar refractivity (Wildman–Crippen MR) is 107 cm³/mol. The van der Waals surface area contributed by atoms with Crippen molar-refractivity contribution in [3.8, 4) is 11.5 Å². The van der Waals surface area contributed by atoms with E-state index < -0.39 is 0 Å². The molecule has 1 aliphatic rings. The zero-order valence-corrected chi connectivity index (χ0v) is 17.3. The second kappa shape index (κ2) is 11.6. The molecular weight excluding hydrogens is 358 g/mol. The maximum atomic E-state index is 12.2. The van der Waals surface area contributed by atoms with Gasteiger partial charge in [-0.05, 0) is 49.3 Å². The minimum Gasteiger partial charge on any atom is -0.493 e. The van der Waals surface area contributed by atoms with E-state index in [9.17, 15) is 9.59 Å². The Balaban J connectivity index is 1.69. The minimum atomic E-state index is -0.306. The van der Waals surface area contributed by atoms with E-state index in [-0.39, 0.29) is 24.4 Å². The number of hydrogen-bond acceptors (Lipinski definition) is 5. The lowest BCUT2D eigenvalue weighted by Crippen LogP contribution is -2.31. The summed E-state index contributed by atoms with van der Waals surface area (Å²) in [6.07, 6.45) is 7.68. The van der Waals surface area contributed by atoms with Crippen LogP contribution >= 0.6 is 0 Å². The Morgan fingerprint density at radius 2 is 1.79 bits per heavy atom. The Hall–Kier alpha value is -2.24. The molecule has 2 rings (SSSR count). The number of carbonyl (C=O) groups excluding carboxylic acids is 2. The number of nitrogens with one attached hydrogen (secondary N) is 1. The fraction of sp³-hybridized carbons (Fsp3) is 0.636. The molecule has 0 saturated heterocycles. The number of hydrogen-bond donors (Lipinski definition) is 1. The molecule has 1 aliphatic carbocycles. The van der Waals surface area contributed by atoms with E-state index >= 15 is 0 Å². The van der Waals surface area contributed by atoms with E-state index in [1.165, 1.54) is 19.3 Å². The van der Waals surface area contributed by atoms with Gasteiger partial charge >= 0.3 is 5.97 Å². The highest BCUT2D eigenvalue weighted by Gasteiger charge is 2.27. The minimum absolute atomic E-state index is 0.0588. The molecule has 1 saturated carbocycles. The summed E-state index contributed by atoms with van der Waals surface area (Å²) in [5, 5.41) is 2.76. The Morgan fingerprint density at radius 3 is 2.43 bits per heavy atom. The molecule has 1 fully saturated rings. The van der Waals surface area contributed by atoms with Crippen LogP contribution < -0.4 is 14.8 Å². The van der Waals surface area contributed by atoms with Crippen LogP contribution in [0, 0.1) is 11.8 Å². The van der Waals surface area contributed by atoms with Crippen LogP contribution in [0.2, 0.25) is 0 Å². The first-order valence-corrected chi connectivity index (χ1v) is 10.2. The van der Waals surface area contributed by atoms with Crippen LogP contribution in [0.5, 0.6) is 11.5 Å². The lowest BCUT2D eigenvalue weighted by atomic mass is 9.80. The number of unbranched alkanes of at least 4 members (excludes halogenated alkanes) is 1. The van der Waals surface area contributed by atoms with Crippen LogP contribution in [0.3, 0.4) is 0 Å². The van der Waals surface area contributed by atoms with Crippen LogP contribution in [0.15, 0.2) is 18.2 Å². The van der Waals surface area contributed by atoms with Crippen LogP contribution in [-0.4, -0.2) is 32.7 Å². The van der Waals surface area contributed by atoms with Crippen molar-refractivity contribution in [2.75, 3.05) is 20.8 Å². The molecule has 28 heavy (non-hydrogen) atoms. The fourth-order valence-corrected chi connectivity index (χ4v) is 3.68. The van der Waals surface area contributed by atoms with Crippen molar-refractivity contribution in [1.29, 1.82) is 0 Å². The second-order valence-electron chi connectivity index (χ2n) is 7.43. The molecule has 1 aromatic rings. The van der Waals surface area contributed by atoms with Crippen LogP contribution in [0.4, 0.5) is 0 Å². The van der Waals surface area contributed by atoms with Gasteiger partial charge in [0.15, 0.2) is 18.1 Å². The Bertz CT molecular complexity index is 638. The SMILES string of the molecule is CCCCC1CCC(C(=O)OCC(=O)NCc2ccc(OC)c(OC)c2)CC1. The summed E-state index contributed by atoms with van der Waals surface area (Å²) in [7, 11) is 3.14. The molecule has 156 valence electrons. The molecule has 0 bridgehead atoms. The van der Waals surface area contributed by atoms with Gasteiger partial charge in [-0.15, -0.1) is 0 Å². The molecule has 1 aromatic carbocycles. The number of ether oxygens (including phenoxy) is 3. The van der Waals surface area contributed by atoms with Gasteiger partial charge in [-0.2, -0.15) is 0 Å². The van der Waals surface area contributed by atoms with Gasteiger partial charge in [0.05, 0.1) is 20.1 Å². The predicted octanol–water partition coefficient (Wildman–Crippen LogP) is 3.86. The van der Waals surface area contributed by atoms with Gasteiger partial charge in [0.1, 0.15) is 0 Å². The van der Waals surface area contributed by atoms with Crippen molar-refractivity contribution in [1.82, 2.24) is 5.32 Å². The first-order valence-electron chi connectivity index (χ1n) is 10.2. The van der Waals surface area contributed by atoms with Gasteiger partial charge in [-0.25, -0.2) is 0 Å². The third-order valence-electron chi connectivity index (χ3n) is 5.43. The molecule has 0 atom stereocenters. The quantitative estimate of drug-likeness (QED) is 0.613. The summed E-state index contributed by atoms with van der Waals surface area (Å²) < 4.78 is 15.7. The van der Waals surface area contributed by atoms with E-state index in [0.29, 0.717) is 18.0 Å². The first kappa shape index (κ1) is 22.1. The summed E-state index contributed by atoms with van der Waals surface area (Å²) in [6, 6.07) is 5.45. The molecular formula is C22H33NO5. The maximum absolute atomic E-state index is 12.2. The van der Waals surface area contributed by atoms with E-state index in [4.69, 9.17) is 14.2 Å². The van der Waals surface area contributed by atoms with Gasteiger partial charge in [-0.1, -0.05) is 32.3 Å². The van der Waals surface area contributed by atoms with Crippen molar-refractivity contribution in [2.45, 2.75) is 58.4 Å². The molecule has 0 unspecified atom stereocenters. The number of benzene rings is 1. The van der Waals surface area contributed by atoms with E-state index in [0.717, 1.165) is 37.2 Å². The monoisotopic (exact) mass is 391 g/mol. The highest BCUT2D eigenvalue weighted by atomic mass is 16.5. The van der Waals surface area contributed by atoms with E-state index in [1.807, 2.05) is 12.1 Å². The average molecular weight is 392 g/mol. The van der Waals surface area contributed by atoms with Crippen molar-refractivity contribution in [2.24, 2.45) is 11.8 Å². The topological polar surface area (TPSA) is 73.9 Å². The van der Waals surface area contributed by atoms with Crippen LogP contribution in [0.1, 0.15) is 57.4 Å². The molecule has 0 spiro atoms. The van der Waals surface area contributed by atoms with Gasteiger partial charge < -0.3 is 19.5 Å². The highest BCUT2D eigenvalue weighted by molar-refractivity contribution is 5.81. The summed E-state index contributed by atoms with van der Waals surface area (Å²) in [5.41, 5.74) is 0.878. The van der Waals surface area contributed by atoms with Crippen molar-refractivity contribution in [3.63, 3.8) is 0 Å². The Kier molecular flexibility index (Phi) is 9.11. The molecule has 6 heteroatoms.